The van der Waals surface area contributed by atoms with E-state index in [4.69, 9.17) is 9.84 Å². The molecule has 0 atom stereocenters. The number of carboxylic acid groups (broad SMARTS) is 1. The van der Waals surface area contributed by atoms with Crippen LogP contribution in [0, 0.1) is 17.8 Å². The predicted octanol–water partition coefficient (Wildman–Crippen LogP) is 5.24. The maximum atomic E-state index is 10.6. The lowest BCUT2D eigenvalue weighted by molar-refractivity contribution is 0.0191. The van der Waals surface area contributed by atoms with Gasteiger partial charge in [-0.3, -0.25) is 0 Å². The summed E-state index contributed by atoms with van der Waals surface area (Å²) in [5.74, 6) is 2.72. The number of carbonyl (C=O) groups is 1. The molecule has 0 spiro atoms. The summed E-state index contributed by atoms with van der Waals surface area (Å²) >= 11 is 0. The molecule has 0 heterocycles. The van der Waals surface area contributed by atoms with E-state index in [1.165, 1.54) is 57.8 Å². The molecule has 0 unspecified atom stereocenters. The molecule has 20 heavy (non-hydrogen) atoms. The summed E-state index contributed by atoms with van der Waals surface area (Å²) in [6, 6.07) is 0. The fourth-order valence-electron chi connectivity index (χ4n) is 4.26. The Morgan fingerprint density at radius 3 is 2.05 bits per heavy atom. The van der Waals surface area contributed by atoms with E-state index < -0.39 is 6.16 Å². The summed E-state index contributed by atoms with van der Waals surface area (Å²) in [7, 11) is 0. The van der Waals surface area contributed by atoms with Gasteiger partial charge in [-0.05, 0) is 56.3 Å². The number of rotatable bonds is 5. The predicted molar refractivity (Wildman–Crippen MR) is 79.8 cm³/mol. The third kappa shape index (κ3) is 4.68. The zero-order valence-electron chi connectivity index (χ0n) is 12.9. The van der Waals surface area contributed by atoms with Gasteiger partial charge in [0.1, 0.15) is 6.10 Å². The molecule has 0 radical (unpaired) electrons. The molecular weight excluding hydrogens is 252 g/mol. The van der Waals surface area contributed by atoms with E-state index in [1.54, 1.807) is 0 Å². The van der Waals surface area contributed by atoms with E-state index in [0.717, 1.165) is 30.6 Å². The molecule has 116 valence electrons. The first-order chi connectivity index (χ1) is 9.69. The van der Waals surface area contributed by atoms with Crippen LogP contribution in [-0.4, -0.2) is 17.4 Å². The van der Waals surface area contributed by atoms with Gasteiger partial charge in [0, 0.05) is 0 Å². The van der Waals surface area contributed by atoms with Crippen molar-refractivity contribution >= 4 is 6.16 Å². The molecule has 0 aliphatic heterocycles. The van der Waals surface area contributed by atoms with E-state index in [-0.39, 0.29) is 6.10 Å². The van der Waals surface area contributed by atoms with Gasteiger partial charge < -0.3 is 9.84 Å². The molecule has 1 N–H and O–H groups in total. The average Bonchev–Trinajstić information content (AvgIpc) is 2.46. The van der Waals surface area contributed by atoms with Gasteiger partial charge in [-0.25, -0.2) is 4.79 Å². The summed E-state index contributed by atoms with van der Waals surface area (Å²) in [6.07, 6.45) is 12.9. The first-order valence-electron chi connectivity index (χ1n) is 8.58. The minimum absolute atomic E-state index is 0.0374. The summed E-state index contributed by atoms with van der Waals surface area (Å²) < 4.78 is 4.90. The molecule has 2 fully saturated rings. The minimum atomic E-state index is -1.11. The Morgan fingerprint density at radius 1 is 1.00 bits per heavy atom. The van der Waals surface area contributed by atoms with Crippen LogP contribution in [0.25, 0.3) is 0 Å². The highest BCUT2D eigenvalue weighted by Gasteiger charge is 2.31. The zero-order valence-corrected chi connectivity index (χ0v) is 12.9. The van der Waals surface area contributed by atoms with Gasteiger partial charge in [-0.15, -0.1) is 0 Å². The molecule has 2 aliphatic rings. The van der Waals surface area contributed by atoms with Gasteiger partial charge in [0.2, 0.25) is 0 Å². The van der Waals surface area contributed by atoms with Crippen molar-refractivity contribution in [2.75, 3.05) is 0 Å². The highest BCUT2D eigenvalue weighted by molar-refractivity contribution is 5.57. The van der Waals surface area contributed by atoms with Crippen LogP contribution in [0.15, 0.2) is 0 Å². The van der Waals surface area contributed by atoms with Crippen LogP contribution >= 0.6 is 0 Å². The number of ether oxygens (including phenoxy) is 1. The SMILES string of the molecule is CCCCC1CCC(C2CCC(OC(=O)O)CC2)CC1. The zero-order chi connectivity index (χ0) is 14.4. The molecule has 0 saturated heterocycles. The standard InChI is InChI=1S/C17H30O3/c1-2-3-4-13-5-7-14(8-6-13)15-9-11-16(12-10-15)20-17(18)19/h13-16H,2-12H2,1H3,(H,18,19). The van der Waals surface area contributed by atoms with Crippen LogP contribution in [0.2, 0.25) is 0 Å². The van der Waals surface area contributed by atoms with Gasteiger partial charge >= 0.3 is 6.16 Å². The quantitative estimate of drug-likeness (QED) is 0.702. The molecule has 2 saturated carbocycles. The van der Waals surface area contributed by atoms with Crippen LogP contribution in [0.3, 0.4) is 0 Å². The van der Waals surface area contributed by atoms with Crippen molar-refractivity contribution in [3.8, 4) is 0 Å². The van der Waals surface area contributed by atoms with Crippen LogP contribution in [-0.2, 0) is 4.74 Å². The molecule has 0 amide bonds. The maximum Gasteiger partial charge on any atom is 0.506 e. The van der Waals surface area contributed by atoms with Crippen LogP contribution in [0.1, 0.15) is 77.6 Å². The van der Waals surface area contributed by atoms with Crippen molar-refractivity contribution in [2.45, 2.75) is 83.7 Å². The highest BCUT2D eigenvalue weighted by Crippen LogP contribution is 2.41. The Kier molecular flexibility index (Phi) is 6.18. The second-order valence-electron chi connectivity index (χ2n) is 6.84. The normalized spacial score (nSPS) is 34.6. The maximum absolute atomic E-state index is 10.6. The minimum Gasteiger partial charge on any atom is -0.450 e. The summed E-state index contributed by atoms with van der Waals surface area (Å²) in [4.78, 5) is 10.6. The first-order valence-corrected chi connectivity index (χ1v) is 8.58. The number of hydrogen-bond donors (Lipinski definition) is 1. The summed E-state index contributed by atoms with van der Waals surface area (Å²) in [6.45, 7) is 2.28. The fraction of sp³-hybridized carbons (Fsp3) is 0.941. The van der Waals surface area contributed by atoms with E-state index >= 15 is 0 Å². The lowest BCUT2D eigenvalue weighted by Crippen LogP contribution is -2.29. The van der Waals surface area contributed by atoms with Crippen molar-refractivity contribution in [3.63, 3.8) is 0 Å². The Hall–Kier alpha value is -0.730. The van der Waals surface area contributed by atoms with E-state index in [9.17, 15) is 4.79 Å². The van der Waals surface area contributed by atoms with E-state index in [2.05, 4.69) is 6.92 Å². The monoisotopic (exact) mass is 282 g/mol. The summed E-state index contributed by atoms with van der Waals surface area (Å²) in [5.41, 5.74) is 0. The van der Waals surface area contributed by atoms with Crippen LogP contribution in [0.5, 0.6) is 0 Å². The van der Waals surface area contributed by atoms with Gasteiger partial charge in [0.15, 0.2) is 0 Å². The van der Waals surface area contributed by atoms with Crippen molar-refractivity contribution in [2.24, 2.45) is 17.8 Å². The highest BCUT2D eigenvalue weighted by atomic mass is 16.7. The second kappa shape index (κ2) is 7.90. The Morgan fingerprint density at radius 2 is 1.55 bits per heavy atom. The molecule has 0 aromatic heterocycles. The molecule has 2 rings (SSSR count). The van der Waals surface area contributed by atoms with E-state index in [0.29, 0.717) is 0 Å². The van der Waals surface area contributed by atoms with Gasteiger partial charge in [-0.2, -0.15) is 0 Å². The third-order valence-electron chi connectivity index (χ3n) is 5.51. The second-order valence-corrected chi connectivity index (χ2v) is 6.84. The Labute approximate surface area is 123 Å². The van der Waals surface area contributed by atoms with Gasteiger partial charge in [0.25, 0.3) is 0 Å². The Balaban J connectivity index is 1.66. The average molecular weight is 282 g/mol. The molecule has 0 aromatic rings. The largest absolute Gasteiger partial charge is 0.506 e. The fourth-order valence-corrected chi connectivity index (χ4v) is 4.26. The molecule has 0 aromatic carbocycles. The van der Waals surface area contributed by atoms with Crippen molar-refractivity contribution in [1.29, 1.82) is 0 Å². The topological polar surface area (TPSA) is 46.5 Å². The molecule has 2 aliphatic carbocycles. The molecule has 3 heteroatoms. The number of unbranched alkanes of at least 4 members (excludes halogenated alkanes) is 1. The molecule has 3 nitrogen and oxygen atoms in total. The molecule has 0 bridgehead atoms. The number of hydrogen-bond acceptors (Lipinski definition) is 2. The van der Waals surface area contributed by atoms with Crippen molar-refractivity contribution in [3.05, 3.63) is 0 Å². The van der Waals surface area contributed by atoms with Crippen LogP contribution < -0.4 is 0 Å². The van der Waals surface area contributed by atoms with E-state index in [1.807, 2.05) is 0 Å². The van der Waals surface area contributed by atoms with Crippen LogP contribution in [0.4, 0.5) is 4.79 Å². The van der Waals surface area contributed by atoms with Crippen molar-refractivity contribution in [1.82, 2.24) is 0 Å². The smallest absolute Gasteiger partial charge is 0.450 e. The third-order valence-corrected chi connectivity index (χ3v) is 5.51. The van der Waals surface area contributed by atoms with Gasteiger partial charge in [0.05, 0.1) is 0 Å². The summed E-state index contributed by atoms with van der Waals surface area (Å²) in [5, 5.41) is 8.66. The van der Waals surface area contributed by atoms with Gasteiger partial charge in [-0.1, -0.05) is 39.0 Å². The lowest BCUT2D eigenvalue weighted by Gasteiger charge is -2.37. The Bertz CT molecular complexity index is 287. The lowest BCUT2D eigenvalue weighted by atomic mass is 9.70. The van der Waals surface area contributed by atoms with Crippen molar-refractivity contribution < 1.29 is 14.6 Å². The molecular formula is C17H30O3. The first kappa shape index (κ1) is 15.7.